The van der Waals surface area contributed by atoms with Gasteiger partial charge in [0, 0.05) is 13.1 Å². The number of alkyl carbamates (subject to hydrolysis) is 1. The lowest BCUT2D eigenvalue weighted by Crippen LogP contribution is -2.63. The Kier molecular flexibility index (Phi) is 4.68. The van der Waals surface area contributed by atoms with Gasteiger partial charge in [-0.15, -0.1) is 0 Å². The lowest BCUT2D eigenvalue weighted by Gasteiger charge is -2.42. The quantitative estimate of drug-likeness (QED) is 0.822. The molecule has 1 aliphatic heterocycles. The molecule has 0 aromatic carbocycles. The summed E-state index contributed by atoms with van der Waals surface area (Å²) >= 11 is 0. The van der Waals surface area contributed by atoms with Crippen LogP contribution >= 0.6 is 0 Å². The van der Waals surface area contributed by atoms with E-state index >= 15 is 0 Å². The van der Waals surface area contributed by atoms with Gasteiger partial charge in [0.1, 0.15) is 19.0 Å². The summed E-state index contributed by atoms with van der Waals surface area (Å²) < 4.78 is 29.8. The van der Waals surface area contributed by atoms with Crippen LogP contribution in [0.15, 0.2) is 0 Å². The van der Waals surface area contributed by atoms with Crippen molar-refractivity contribution in [1.82, 2.24) is 10.2 Å². The monoisotopic (exact) mass is 250 g/mol. The van der Waals surface area contributed by atoms with Crippen molar-refractivity contribution in [3.05, 3.63) is 0 Å². The molecule has 1 saturated heterocycles. The van der Waals surface area contributed by atoms with Crippen LogP contribution in [0.2, 0.25) is 0 Å². The minimum atomic E-state index is -0.699. The number of amides is 1. The highest BCUT2D eigenvalue weighted by Crippen LogP contribution is 2.14. The van der Waals surface area contributed by atoms with Crippen LogP contribution < -0.4 is 5.32 Å². The van der Waals surface area contributed by atoms with Crippen molar-refractivity contribution in [3.8, 4) is 0 Å². The molecule has 4 nitrogen and oxygen atoms in total. The summed E-state index contributed by atoms with van der Waals surface area (Å²) in [7, 11) is 0. The number of carbonyl (C=O) groups excluding carboxylic acids is 1. The standard InChI is InChI=1S/C11H20F2N2O2/c1-11(2,3)17-10(16)14-8-6-15(7-8)9(4-12)5-13/h8-9H,4-7H2,1-3H3,(H,14,16). The molecule has 1 rings (SSSR count). The fraction of sp³-hybridized carbons (Fsp3) is 0.909. The first-order valence-corrected chi connectivity index (χ1v) is 5.71. The van der Waals surface area contributed by atoms with Gasteiger partial charge in [0.25, 0.3) is 0 Å². The first-order valence-electron chi connectivity index (χ1n) is 5.71. The third-order valence-corrected chi connectivity index (χ3v) is 2.50. The average Bonchev–Trinajstić information content (AvgIpc) is 2.12. The second-order valence-corrected chi connectivity index (χ2v) is 5.26. The van der Waals surface area contributed by atoms with Gasteiger partial charge in [-0.05, 0) is 20.8 Å². The zero-order valence-electron chi connectivity index (χ0n) is 10.5. The van der Waals surface area contributed by atoms with Crippen molar-refractivity contribution in [2.24, 2.45) is 0 Å². The Morgan fingerprint density at radius 3 is 2.35 bits per heavy atom. The first kappa shape index (κ1) is 14.2. The van der Waals surface area contributed by atoms with Gasteiger partial charge in [0.2, 0.25) is 0 Å². The average molecular weight is 250 g/mol. The van der Waals surface area contributed by atoms with Crippen molar-refractivity contribution in [1.29, 1.82) is 0 Å². The highest BCUT2D eigenvalue weighted by molar-refractivity contribution is 5.68. The van der Waals surface area contributed by atoms with Gasteiger partial charge >= 0.3 is 6.09 Å². The number of ether oxygens (including phenoxy) is 1. The maximum Gasteiger partial charge on any atom is 0.407 e. The van der Waals surface area contributed by atoms with E-state index in [9.17, 15) is 13.6 Å². The second kappa shape index (κ2) is 5.62. The predicted molar refractivity (Wildman–Crippen MR) is 60.5 cm³/mol. The number of nitrogens with zero attached hydrogens (tertiary/aromatic N) is 1. The minimum Gasteiger partial charge on any atom is -0.444 e. The Balaban J connectivity index is 2.23. The van der Waals surface area contributed by atoms with Crippen molar-refractivity contribution < 1.29 is 18.3 Å². The molecular formula is C11H20F2N2O2. The molecule has 0 bridgehead atoms. The molecule has 0 spiro atoms. The van der Waals surface area contributed by atoms with Crippen LogP contribution in [0.4, 0.5) is 13.6 Å². The lowest BCUT2D eigenvalue weighted by atomic mass is 10.1. The number of likely N-dealkylation sites (tertiary alicyclic amines) is 1. The van der Waals surface area contributed by atoms with Gasteiger partial charge in [-0.2, -0.15) is 0 Å². The predicted octanol–water partition coefficient (Wildman–Crippen LogP) is 1.50. The number of alkyl halides is 2. The molecule has 0 saturated carbocycles. The summed E-state index contributed by atoms with van der Waals surface area (Å²) in [4.78, 5) is 13.0. The molecule has 0 aliphatic carbocycles. The zero-order valence-corrected chi connectivity index (χ0v) is 10.5. The summed E-state index contributed by atoms with van der Waals surface area (Å²) in [5, 5.41) is 2.66. The maximum atomic E-state index is 12.3. The van der Waals surface area contributed by atoms with Crippen molar-refractivity contribution in [2.75, 3.05) is 26.4 Å². The van der Waals surface area contributed by atoms with E-state index in [1.807, 2.05) is 0 Å². The van der Waals surface area contributed by atoms with Crippen LogP contribution in [-0.4, -0.2) is 55.1 Å². The van der Waals surface area contributed by atoms with Gasteiger partial charge in [0.05, 0.1) is 12.1 Å². The Bertz CT molecular complexity index is 259. The van der Waals surface area contributed by atoms with E-state index in [4.69, 9.17) is 4.74 Å². The Morgan fingerprint density at radius 2 is 1.94 bits per heavy atom. The summed E-state index contributed by atoms with van der Waals surface area (Å²) in [6.45, 7) is 4.88. The zero-order chi connectivity index (χ0) is 13.1. The minimum absolute atomic E-state index is 0.0783. The Hall–Kier alpha value is -0.910. The molecule has 0 aromatic heterocycles. The van der Waals surface area contributed by atoms with E-state index in [0.717, 1.165) is 0 Å². The molecule has 0 radical (unpaired) electrons. The molecule has 100 valence electrons. The summed E-state index contributed by atoms with van der Waals surface area (Å²) in [6, 6.07) is -0.753. The number of rotatable bonds is 4. The molecule has 1 amide bonds. The third kappa shape index (κ3) is 4.46. The van der Waals surface area contributed by atoms with Crippen molar-refractivity contribution >= 4 is 6.09 Å². The van der Waals surface area contributed by atoms with Gasteiger partial charge in [-0.25, -0.2) is 13.6 Å². The number of halogens is 2. The van der Waals surface area contributed by atoms with Crippen LogP contribution in [0.5, 0.6) is 0 Å². The van der Waals surface area contributed by atoms with Crippen LogP contribution in [0.25, 0.3) is 0 Å². The highest BCUT2D eigenvalue weighted by atomic mass is 19.1. The molecule has 0 atom stereocenters. The van der Waals surface area contributed by atoms with Crippen LogP contribution in [-0.2, 0) is 4.74 Å². The summed E-state index contributed by atoms with van der Waals surface area (Å²) in [5.41, 5.74) is -0.534. The van der Waals surface area contributed by atoms with Crippen LogP contribution in [0.3, 0.4) is 0 Å². The molecule has 1 aliphatic rings. The van der Waals surface area contributed by atoms with Gasteiger partial charge < -0.3 is 10.1 Å². The topological polar surface area (TPSA) is 41.6 Å². The number of nitrogens with one attached hydrogen (secondary N) is 1. The van der Waals surface area contributed by atoms with E-state index < -0.39 is 31.1 Å². The second-order valence-electron chi connectivity index (χ2n) is 5.26. The normalized spacial score (nSPS) is 18.0. The first-order chi connectivity index (χ1) is 7.85. The fourth-order valence-electron chi connectivity index (χ4n) is 1.61. The number of hydrogen-bond acceptors (Lipinski definition) is 3. The van der Waals surface area contributed by atoms with E-state index in [0.29, 0.717) is 13.1 Å². The third-order valence-electron chi connectivity index (χ3n) is 2.50. The smallest absolute Gasteiger partial charge is 0.407 e. The highest BCUT2D eigenvalue weighted by Gasteiger charge is 2.34. The van der Waals surface area contributed by atoms with E-state index in [-0.39, 0.29) is 6.04 Å². The number of hydrogen-bond donors (Lipinski definition) is 1. The molecule has 1 heterocycles. The summed E-state index contributed by atoms with van der Waals surface area (Å²) in [5.74, 6) is 0. The summed E-state index contributed by atoms with van der Waals surface area (Å²) in [6.07, 6.45) is -0.487. The van der Waals surface area contributed by atoms with Crippen molar-refractivity contribution in [2.45, 2.75) is 38.5 Å². The van der Waals surface area contributed by atoms with E-state index in [2.05, 4.69) is 5.32 Å². The SMILES string of the molecule is CC(C)(C)OC(=O)NC1CN(C(CF)CF)C1. The lowest BCUT2D eigenvalue weighted by molar-refractivity contribution is 0.0244. The van der Waals surface area contributed by atoms with E-state index in [1.165, 1.54) is 0 Å². The molecule has 0 aromatic rings. The molecule has 1 fully saturated rings. The van der Waals surface area contributed by atoms with Crippen LogP contribution in [0.1, 0.15) is 20.8 Å². The molecule has 1 N–H and O–H groups in total. The van der Waals surface area contributed by atoms with Crippen LogP contribution in [0, 0.1) is 0 Å². The molecule has 17 heavy (non-hydrogen) atoms. The Morgan fingerprint density at radius 1 is 1.41 bits per heavy atom. The van der Waals surface area contributed by atoms with Gasteiger partial charge in [0.15, 0.2) is 0 Å². The molecule has 6 heteroatoms. The largest absolute Gasteiger partial charge is 0.444 e. The molecular weight excluding hydrogens is 230 g/mol. The Labute approximate surface area is 100 Å². The van der Waals surface area contributed by atoms with Gasteiger partial charge in [-0.3, -0.25) is 4.90 Å². The maximum absolute atomic E-state index is 12.3. The van der Waals surface area contributed by atoms with Gasteiger partial charge in [-0.1, -0.05) is 0 Å². The fourth-order valence-corrected chi connectivity index (χ4v) is 1.61. The van der Waals surface area contributed by atoms with E-state index in [1.54, 1.807) is 25.7 Å². The number of carbonyl (C=O) groups is 1. The molecule has 0 unspecified atom stereocenters. The van der Waals surface area contributed by atoms with Crippen molar-refractivity contribution in [3.63, 3.8) is 0 Å².